The van der Waals surface area contributed by atoms with Gasteiger partial charge in [0.2, 0.25) is 11.7 Å². The van der Waals surface area contributed by atoms with E-state index in [1.807, 2.05) is 29.6 Å². The molecule has 0 aliphatic heterocycles. The van der Waals surface area contributed by atoms with Gasteiger partial charge < -0.3 is 8.94 Å². The van der Waals surface area contributed by atoms with Gasteiger partial charge in [-0.3, -0.25) is 4.57 Å². The molecule has 0 N–H and O–H groups in total. The molecule has 0 saturated carbocycles. The SMILES string of the molecule is CC(C)c1nnc(SCc2nc(-c3cccs3)no2)n1Cc1ccco1. The van der Waals surface area contributed by atoms with E-state index in [1.54, 1.807) is 17.6 Å². The lowest BCUT2D eigenvalue weighted by Crippen LogP contribution is -2.07. The fourth-order valence-electron chi connectivity index (χ4n) is 2.49. The molecule has 26 heavy (non-hydrogen) atoms. The van der Waals surface area contributed by atoms with Crippen LogP contribution in [0.2, 0.25) is 0 Å². The van der Waals surface area contributed by atoms with Crippen molar-refractivity contribution in [3.63, 3.8) is 0 Å². The molecule has 0 aliphatic rings. The maximum Gasteiger partial charge on any atom is 0.237 e. The summed E-state index contributed by atoms with van der Waals surface area (Å²) >= 11 is 3.11. The summed E-state index contributed by atoms with van der Waals surface area (Å²) in [6.07, 6.45) is 1.67. The Bertz CT molecular complexity index is 958. The van der Waals surface area contributed by atoms with Crippen molar-refractivity contribution in [2.75, 3.05) is 0 Å². The maximum absolute atomic E-state index is 5.48. The van der Waals surface area contributed by atoms with Crippen molar-refractivity contribution >= 4 is 23.1 Å². The van der Waals surface area contributed by atoms with Gasteiger partial charge >= 0.3 is 0 Å². The molecule has 0 unspecified atom stereocenters. The highest BCUT2D eigenvalue weighted by atomic mass is 32.2. The zero-order chi connectivity index (χ0) is 17.9. The minimum Gasteiger partial charge on any atom is -0.467 e. The third-order valence-electron chi connectivity index (χ3n) is 3.69. The first kappa shape index (κ1) is 17.0. The van der Waals surface area contributed by atoms with Crippen molar-refractivity contribution in [1.29, 1.82) is 0 Å². The van der Waals surface area contributed by atoms with E-state index in [0.717, 1.165) is 21.6 Å². The van der Waals surface area contributed by atoms with Gasteiger partial charge in [0.05, 0.1) is 23.4 Å². The molecule has 0 atom stereocenters. The molecule has 0 spiro atoms. The minimum atomic E-state index is 0.264. The number of hydrogen-bond donors (Lipinski definition) is 0. The summed E-state index contributed by atoms with van der Waals surface area (Å²) in [6.45, 7) is 4.80. The summed E-state index contributed by atoms with van der Waals surface area (Å²) in [6, 6.07) is 7.77. The molecule has 4 rings (SSSR count). The minimum absolute atomic E-state index is 0.264. The second kappa shape index (κ2) is 7.46. The summed E-state index contributed by atoms with van der Waals surface area (Å²) in [4.78, 5) is 5.44. The summed E-state index contributed by atoms with van der Waals surface area (Å²) in [5, 5.41) is 15.5. The standard InChI is InChI=1S/C17H17N5O2S2/c1-11(2)16-19-20-17(22(16)9-12-5-3-7-23-12)26-10-14-18-15(21-24-14)13-6-4-8-25-13/h3-8,11H,9-10H2,1-2H3. The molecular weight excluding hydrogens is 370 g/mol. The second-order valence-corrected chi connectivity index (χ2v) is 7.83. The van der Waals surface area contributed by atoms with Crippen LogP contribution in [0.1, 0.15) is 37.2 Å². The lowest BCUT2D eigenvalue weighted by molar-refractivity contribution is 0.391. The Morgan fingerprint density at radius 2 is 2.15 bits per heavy atom. The fourth-order valence-corrected chi connectivity index (χ4v) is 3.92. The monoisotopic (exact) mass is 387 g/mol. The zero-order valence-electron chi connectivity index (χ0n) is 14.3. The van der Waals surface area contributed by atoms with Gasteiger partial charge in [-0.25, -0.2) is 0 Å². The highest BCUT2D eigenvalue weighted by Crippen LogP contribution is 2.27. The number of furan rings is 1. The molecule has 7 nitrogen and oxygen atoms in total. The van der Waals surface area contributed by atoms with Crippen LogP contribution in [-0.2, 0) is 12.3 Å². The van der Waals surface area contributed by atoms with Gasteiger partial charge in [0.25, 0.3) is 0 Å². The van der Waals surface area contributed by atoms with Crippen molar-refractivity contribution in [3.8, 4) is 10.7 Å². The van der Waals surface area contributed by atoms with Crippen LogP contribution in [0.25, 0.3) is 10.7 Å². The third kappa shape index (κ3) is 3.58. The van der Waals surface area contributed by atoms with Crippen molar-refractivity contribution < 1.29 is 8.94 Å². The Morgan fingerprint density at radius 1 is 1.23 bits per heavy atom. The topological polar surface area (TPSA) is 82.8 Å². The van der Waals surface area contributed by atoms with Crippen LogP contribution in [0.4, 0.5) is 0 Å². The summed E-state index contributed by atoms with van der Waals surface area (Å²) in [5.74, 6) is 3.78. The number of rotatable bonds is 7. The molecule has 0 radical (unpaired) electrons. The summed E-state index contributed by atoms with van der Waals surface area (Å²) in [5.41, 5.74) is 0. The number of thioether (sulfide) groups is 1. The van der Waals surface area contributed by atoms with Crippen LogP contribution in [0.5, 0.6) is 0 Å². The Morgan fingerprint density at radius 3 is 2.88 bits per heavy atom. The molecule has 0 saturated heterocycles. The quantitative estimate of drug-likeness (QED) is 0.433. The molecule has 0 bridgehead atoms. The van der Waals surface area contributed by atoms with Crippen LogP contribution < -0.4 is 0 Å². The van der Waals surface area contributed by atoms with Gasteiger partial charge in [0.1, 0.15) is 11.6 Å². The average Bonchev–Trinajstić information content (AvgIpc) is 3.40. The lowest BCUT2D eigenvalue weighted by Gasteiger charge is -2.10. The van der Waals surface area contributed by atoms with Crippen LogP contribution in [0.15, 0.2) is 50.0 Å². The van der Waals surface area contributed by atoms with E-state index < -0.39 is 0 Å². The summed E-state index contributed by atoms with van der Waals surface area (Å²) in [7, 11) is 0. The Balaban J connectivity index is 1.51. The molecule has 9 heteroatoms. The largest absolute Gasteiger partial charge is 0.467 e. The number of hydrogen-bond acceptors (Lipinski definition) is 8. The van der Waals surface area contributed by atoms with Crippen molar-refractivity contribution in [2.24, 2.45) is 0 Å². The van der Waals surface area contributed by atoms with Crippen molar-refractivity contribution in [3.05, 3.63) is 53.4 Å². The van der Waals surface area contributed by atoms with Crippen LogP contribution >= 0.6 is 23.1 Å². The molecule has 0 fully saturated rings. The molecule has 0 amide bonds. The molecule has 4 aromatic heterocycles. The van der Waals surface area contributed by atoms with Gasteiger partial charge in [0, 0.05) is 5.92 Å². The van der Waals surface area contributed by atoms with E-state index in [1.165, 1.54) is 11.8 Å². The summed E-state index contributed by atoms with van der Waals surface area (Å²) < 4.78 is 12.9. The Kier molecular flexibility index (Phi) is 4.89. The molecule has 4 heterocycles. The first-order chi connectivity index (χ1) is 12.7. The normalized spacial score (nSPS) is 11.5. The molecule has 0 aliphatic carbocycles. The maximum atomic E-state index is 5.48. The van der Waals surface area contributed by atoms with E-state index in [-0.39, 0.29) is 5.92 Å². The van der Waals surface area contributed by atoms with Gasteiger partial charge in [-0.2, -0.15) is 4.98 Å². The third-order valence-corrected chi connectivity index (χ3v) is 5.51. The molecular formula is C17H17N5O2S2. The van der Waals surface area contributed by atoms with Gasteiger partial charge in [-0.05, 0) is 23.6 Å². The number of nitrogens with zero attached hydrogens (tertiary/aromatic N) is 5. The highest BCUT2D eigenvalue weighted by Gasteiger charge is 2.18. The van der Waals surface area contributed by atoms with E-state index >= 15 is 0 Å². The highest BCUT2D eigenvalue weighted by molar-refractivity contribution is 7.98. The Labute approximate surface area is 158 Å². The predicted octanol–water partition coefficient (Wildman–Crippen LogP) is 4.45. The predicted molar refractivity (Wildman–Crippen MR) is 99.1 cm³/mol. The second-order valence-electron chi connectivity index (χ2n) is 5.94. The first-order valence-corrected chi connectivity index (χ1v) is 10.0. The van der Waals surface area contributed by atoms with Gasteiger partial charge in [0.15, 0.2) is 5.16 Å². The van der Waals surface area contributed by atoms with Gasteiger partial charge in [-0.15, -0.1) is 21.5 Å². The first-order valence-electron chi connectivity index (χ1n) is 8.15. The van der Waals surface area contributed by atoms with Crippen LogP contribution in [0, 0.1) is 0 Å². The van der Waals surface area contributed by atoms with Crippen molar-refractivity contribution in [1.82, 2.24) is 24.9 Å². The lowest BCUT2D eigenvalue weighted by atomic mass is 10.2. The van der Waals surface area contributed by atoms with Crippen LogP contribution in [-0.4, -0.2) is 24.9 Å². The van der Waals surface area contributed by atoms with E-state index in [4.69, 9.17) is 8.94 Å². The Hall–Kier alpha value is -2.39. The van der Waals surface area contributed by atoms with E-state index in [0.29, 0.717) is 24.0 Å². The smallest absolute Gasteiger partial charge is 0.237 e. The zero-order valence-corrected chi connectivity index (χ0v) is 16.0. The van der Waals surface area contributed by atoms with E-state index in [9.17, 15) is 0 Å². The van der Waals surface area contributed by atoms with Gasteiger partial charge in [-0.1, -0.05) is 36.8 Å². The average molecular weight is 387 g/mol. The van der Waals surface area contributed by atoms with E-state index in [2.05, 4.69) is 38.8 Å². The van der Waals surface area contributed by atoms with Crippen molar-refractivity contribution in [2.45, 2.75) is 37.2 Å². The molecule has 4 aromatic rings. The molecule has 0 aromatic carbocycles. The number of thiophene rings is 1. The fraction of sp³-hybridized carbons (Fsp3) is 0.294. The number of aromatic nitrogens is 5. The van der Waals surface area contributed by atoms with Crippen LogP contribution in [0.3, 0.4) is 0 Å². The molecule has 134 valence electrons.